The summed E-state index contributed by atoms with van der Waals surface area (Å²) >= 11 is 5.96. The number of aryl methyl sites for hydroxylation is 1. The van der Waals surface area contributed by atoms with Crippen LogP contribution >= 0.6 is 11.6 Å². The van der Waals surface area contributed by atoms with E-state index in [4.69, 9.17) is 11.6 Å². The molecule has 1 unspecified atom stereocenters. The van der Waals surface area contributed by atoms with Gasteiger partial charge in [-0.3, -0.25) is 0 Å². The lowest BCUT2D eigenvalue weighted by Crippen LogP contribution is -2.32. The Balaban J connectivity index is 1.86. The summed E-state index contributed by atoms with van der Waals surface area (Å²) in [5.74, 6) is 1.23. The van der Waals surface area contributed by atoms with Gasteiger partial charge in [-0.25, -0.2) is 0 Å². The van der Waals surface area contributed by atoms with Crippen molar-refractivity contribution in [3.05, 3.63) is 41.7 Å². The Bertz CT molecular complexity index is 470. The number of rotatable bonds is 6. The zero-order valence-electron chi connectivity index (χ0n) is 10.3. The van der Waals surface area contributed by atoms with Crippen LogP contribution in [-0.2, 0) is 20.0 Å². The summed E-state index contributed by atoms with van der Waals surface area (Å²) < 4.78 is 0. The Labute approximate surface area is 111 Å². The highest BCUT2D eigenvalue weighted by Crippen LogP contribution is 2.04. The monoisotopic (exact) mass is 265 g/mol. The minimum Gasteiger partial charge on any atom is -0.305 e. The zero-order valence-corrected chi connectivity index (χ0v) is 11.0. The van der Waals surface area contributed by atoms with E-state index in [2.05, 4.69) is 32.9 Å². The number of nitrogens with zero attached hydrogens (tertiary/aromatic N) is 4. The molecule has 0 radical (unpaired) electrons. The maximum atomic E-state index is 5.96. The average Bonchev–Trinajstić information content (AvgIpc) is 2.81. The minimum atomic E-state index is 0.206. The van der Waals surface area contributed by atoms with Crippen LogP contribution in [0.1, 0.15) is 11.4 Å². The molecule has 1 atom stereocenters. The van der Waals surface area contributed by atoms with Crippen LogP contribution in [0.2, 0.25) is 0 Å². The third kappa shape index (κ3) is 3.78. The fraction of sp³-hybridized carbons (Fsp3) is 0.417. The molecule has 0 amide bonds. The van der Waals surface area contributed by atoms with Gasteiger partial charge >= 0.3 is 0 Å². The van der Waals surface area contributed by atoms with Gasteiger partial charge in [0.2, 0.25) is 0 Å². The van der Waals surface area contributed by atoms with E-state index in [1.165, 1.54) is 10.4 Å². The average molecular weight is 266 g/mol. The van der Waals surface area contributed by atoms with Crippen molar-refractivity contribution < 1.29 is 0 Å². The first-order valence-electron chi connectivity index (χ1n) is 5.84. The van der Waals surface area contributed by atoms with Crippen molar-refractivity contribution in [1.29, 1.82) is 0 Å². The Hall–Kier alpha value is -1.46. The molecule has 0 saturated heterocycles. The highest BCUT2D eigenvalue weighted by atomic mass is 35.5. The third-order valence-electron chi connectivity index (χ3n) is 2.61. The number of hydrogen-bond donors (Lipinski definition) is 1. The second-order valence-electron chi connectivity index (χ2n) is 4.12. The lowest BCUT2D eigenvalue weighted by molar-refractivity contribution is 0.535. The zero-order chi connectivity index (χ0) is 12.8. The van der Waals surface area contributed by atoms with Crippen LogP contribution in [0.4, 0.5) is 0 Å². The molecule has 2 aromatic rings. The van der Waals surface area contributed by atoms with E-state index in [0.29, 0.717) is 18.2 Å². The van der Waals surface area contributed by atoms with Gasteiger partial charge in [0.25, 0.3) is 0 Å². The second kappa shape index (κ2) is 6.47. The van der Waals surface area contributed by atoms with E-state index >= 15 is 0 Å². The summed E-state index contributed by atoms with van der Waals surface area (Å²) in [6, 6.07) is 10.5. The van der Waals surface area contributed by atoms with Crippen LogP contribution in [-0.4, -0.2) is 32.1 Å². The van der Waals surface area contributed by atoms with Crippen LogP contribution in [0.3, 0.4) is 0 Å². The van der Waals surface area contributed by atoms with Crippen molar-refractivity contribution in [3.8, 4) is 0 Å². The van der Waals surface area contributed by atoms with Gasteiger partial charge in [-0.05, 0) is 17.2 Å². The normalized spacial score (nSPS) is 12.6. The summed E-state index contributed by atoms with van der Waals surface area (Å²) in [6.07, 6.45) is 0.893. The van der Waals surface area contributed by atoms with E-state index in [1.54, 1.807) is 7.05 Å². The Morgan fingerprint density at radius 1 is 1.33 bits per heavy atom. The van der Waals surface area contributed by atoms with Gasteiger partial charge in [0.05, 0.1) is 13.6 Å². The van der Waals surface area contributed by atoms with Gasteiger partial charge in [-0.1, -0.05) is 30.3 Å². The van der Waals surface area contributed by atoms with Crippen molar-refractivity contribution in [2.24, 2.45) is 7.05 Å². The Morgan fingerprint density at radius 3 is 2.72 bits per heavy atom. The number of halogens is 1. The van der Waals surface area contributed by atoms with Gasteiger partial charge in [0, 0.05) is 11.9 Å². The van der Waals surface area contributed by atoms with Crippen molar-refractivity contribution in [2.75, 3.05) is 5.88 Å². The maximum Gasteiger partial charge on any atom is 0.188 e. The van der Waals surface area contributed by atoms with E-state index in [1.807, 2.05) is 18.2 Å². The molecule has 6 heteroatoms. The van der Waals surface area contributed by atoms with Crippen molar-refractivity contribution in [2.45, 2.75) is 19.0 Å². The number of nitrogens with one attached hydrogen (secondary N) is 1. The minimum absolute atomic E-state index is 0.206. The topological polar surface area (TPSA) is 55.6 Å². The van der Waals surface area contributed by atoms with E-state index in [9.17, 15) is 0 Å². The fourth-order valence-electron chi connectivity index (χ4n) is 1.71. The largest absolute Gasteiger partial charge is 0.305 e. The van der Waals surface area contributed by atoms with Crippen molar-refractivity contribution in [1.82, 2.24) is 25.5 Å². The number of aromatic nitrogens is 4. The first kappa shape index (κ1) is 13.0. The lowest BCUT2D eigenvalue weighted by Gasteiger charge is -2.14. The lowest BCUT2D eigenvalue weighted by atomic mass is 10.1. The van der Waals surface area contributed by atoms with E-state index < -0.39 is 0 Å². The van der Waals surface area contributed by atoms with Crippen molar-refractivity contribution >= 4 is 11.6 Å². The Kier molecular flexibility index (Phi) is 4.66. The van der Waals surface area contributed by atoms with Gasteiger partial charge in [0.15, 0.2) is 5.82 Å². The molecule has 0 fully saturated rings. The SMILES string of the molecule is Cn1nnc(CNC(CCl)Cc2ccccc2)n1. The molecule has 96 valence electrons. The molecule has 2 rings (SSSR count). The quantitative estimate of drug-likeness (QED) is 0.796. The van der Waals surface area contributed by atoms with Crippen LogP contribution in [0, 0.1) is 0 Å². The van der Waals surface area contributed by atoms with Crippen LogP contribution in [0.15, 0.2) is 30.3 Å². The Morgan fingerprint density at radius 2 is 2.11 bits per heavy atom. The van der Waals surface area contributed by atoms with Gasteiger partial charge in [0.1, 0.15) is 0 Å². The highest BCUT2D eigenvalue weighted by Gasteiger charge is 2.09. The molecular formula is C12H16ClN5. The summed E-state index contributed by atoms with van der Waals surface area (Å²) in [7, 11) is 1.75. The molecule has 0 saturated carbocycles. The molecule has 18 heavy (non-hydrogen) atoms. The summed E-state index contributed by atoms with van der Waals surface area (Å²) in [6.45, 7) is 0.581. The first-order chi connectivity index (χ1) is 8.78. The summed E-state index contributed by atoms with van der Waals surface area (Å²) in [5.41, 5.74) is 1.27. The van der Waals surface area contributed by atoms with Crippen LogP contribution in [0.5, 0.6) is 0 Å². The molecular weight excluding hydrogens is 250 g/mol. The predicted molar refractivity (Wildman–Crippen MR) is 70.3 cm³/mol. The van der Waals surface area contributed by atoms with Gasteiger partial charge < -0.3 is 5.32 Å². The molecule has 0 aliphatic carbocycles. The molecule has 1 N–H and O–H groups in total. The van der Waals surface area contributed by atoms with Crippen LogP contribution in [0.25, 0.3) is 0 Å². The second-order valence-corrected chi connectivity index (χ2v) is 4.43. The van der Waals surface area contributed by atoms with Crippen LogP contribution < -0.4 is 5.32 Å². The molecule has 0 spiro atoms. The van der Waals surface area contributed by atoms with Gasteiger partial charge in [-0.15, -0.1) is 21.8 Å². The molecule has 0 aliphatic rings. The standard InChI is InChI=1S/C12H16ClN5/c1-18-16-12(15-17-18)9-14-11(8-13)7-10-5-3-2-4-6-10/h2-6,11,14H,7-9H2,1H3. The highest BCUT2D eigenvalue weighted by molar-refractivity contribution is 6.18. The number of benzene rings is 1. The smallest absolute Gasteiger partial charge is 0.188 e. The molecule has 5 nitrogen and oxygen atoms in total. The predicted octanol–water partition coefficient (Wildman–Crippen LogP) is 1.15. The molecule has 0 bridgehead atoms. The van der Waals surface area contributed by atoms with E-state index in [-0.39, 0.29) is 6.04 Å². The van der Waals surface area contributed by atoms with Gasteiger partial charge in [-0.2, -0.15) is 4.80 Å². The molecule has 0 aliphatic heterocycles. The third-order valence-corrected chi connectivity index (χ3v) is 2.98. The summed E-state index contributed by atoms with van der Waals surface area (Å²) in [5, 5.41) is 15.2. The number of alkyl halides is 1. The maximum absolute atomic E-state index is 5.96. The number of tetrazole rings is 1. The fourth-order valence-corrected chi connectivity index (χ4v) is 1.93. The molecule has 1 aromatic carbocycles. The first-order valence-corrected chi connectivity index (χ1v) is 6.37. The molecule has 1 heterocycles. The summed E-state index contributed by atoms with van der Waals surface area (Å²) in [4.78, 5) is 1.45. The number of hydrogen-bond acceptors (Lipinski definition) is 4. The molecule has 1 aromatic heterocycles. The van der Waals surface area contributed by atoms with E-state index in [0.717, 1.165) is 6.42 Å². The van der Waals surface area contributed by atoms with Crippen molar-refractivity contribution in [3.63, 3.8) is 0 Å².